The van der Waals surface area contributed by atoms with Gasteiger partial charge < -0.3 is 10.8 Å². The van der Waals surface area contributed by atoms with Crippen molar-refractivity contribution in [3.05, 3.63) is 22.8 Å². The number of nitrogen functional groups attached to an aromatic ring is 1. The zero-order valence-electron chi connectivity index (χ0n) is 5.41. The molecule has 0 aliphatic carbocycles. The zero-order chi connectivity index (χ0) is 8.43. The van der Waals surface area contributed by atoms with Gasteiger partial charge >= 0.3 is 5.97 Å². The van der Waals surface area contributed by atoms with Gasteiger partial charge in [-0.15, -0.1) is 0 Å². The average Bonchev–Trinajstić information content (AvgIpc) is 1.94. The van der Waals surface area contributed by atoms with Crippen LogP contribution in [0.5, 0.6) is 0 Å². The van der Waals surface area contributed by atoms with Gasteiger partial charge in [-0.25, -0.2) is 9.78 Å². The van der Waals surface area contributed by atoms with E-state index in [0.717, 1.165) is 0 Å². The molecular formula is C6H5ClN2O2. The van der Waals surface area contributed by atoms with Crippen LogP contribution in [0.2, 0.25) is 5.02 Å². The van der Waals surface area contributed by atoms with Crippen LogP contribution in [-0.4, -0.2) is 16.1 Å². The molecule has 0 amide bonds. The molecule has 0 aromatic carbocycles. The summed E-state index contributed by atoms with van der Waals surface area (Å²) in [7, 11) is 0. The van der Waals surface area contributed by atoms with Crippen molar-refractivity contribution in [2.45, 2.75) is 0 Å². The Hall–Kier alpha value is -1.29. The summed E-state index contributed by atoms with van der Waals surface area (Å²) in [6, 6.07) is 1.21. The molecule has 0 unspecified atom stereocenters. The maximum atomic E-state index is 10.4. The van der Waals surface area contributed by atoms with Gasteiger partial charge in [-0.1, -0.05) is 11.6 Å². The van der Waals surface area contributed by atoms with Gasteiger partial charge in [0.25, 0.3) is 0 Å². The van der Waals surface area contributed by atoms with Crippen molar-refractivity contribution in [2.75, 3.05) is 5.73 Å². The largest absolute Gasteiger partial charge is 0.478 e. The van der Waals surface area contributed by atoms with E-state index in [2.05, 4.69) is 4.98 Å². The molecule has 0 bridgehead atoms. The highest BCUT2D eigenvalue weighted by Crippen LogP contribution is 2.15. The van der Waals surface area contributed by atoms with E-state index >= 15 is 0 Å². The summed E-state index contributed by atoms with van der Waals surface area (Å²) in [6.45, 7) is 0. The number of pyridine rings is 1. The Morgan fingerprint density at radius 1 is 1.73 bits per heavy atom. The lowest BCUT2D eigenvalue weighted by molar-refractivity contribution is 0.0697. The minimum atomic E-state index is -1.11. The van der Waals surface area contributed by atoms with E-state index in [-0.39, 0.29) is 16.4 Å². The second-order valence-corrected chi connectivity index (χ2v) is 2.30. The van der Waals surface area contributed by atoms with E-state index in [1.165, 1.54) is 12.3 Å². The fourth-order valence-corrected chi connectivity index (χ4v) is 0.803. The Morgan fingerprint density at radius 2 is 2.36 bits per heavy atom. The molecule has 0 spiro atoms. The van der Waals surface area contributed by atoms with Gasteiger partial charge in [0.2, 0.25) is 0 Å². The first kappa shape index (κ1) is 7.81. The van der Waals surface area contributed by atoms with E-state index in [9.17, 15) is 4.79 Å². The van der Waals surface area contributed by atoms with Gasteiger partial charge in [0.05, 0.1) is 10.6 Å². The number of hydrogen-bond acceptors (Lipinski definition) is 3. The van der Waals surface area contributed by atoms with Crippen molar-refractivity contribution < 1.29 is 9.90 Å². The number of aromatic carboxylic acids is 1. The number of rotatable bonds is 1. The smallest absolute Gasteiger partial charge is 0.337 e. The fraction of sp³-hybridized carbons (Fsp3) is 0. The van der Waals surface area contributed by atoms with Crippen molar-refractivity contribution in [1.82, 2.24) is 4.98 Å². The number of anilines is 1. The average molecular weight is 173 g/mol. The van der Waals surface area contributed by atoms with Crippen molar-refractivity contribution in [2.24, 2.45) is 0 Å². The summed E-state index contributed by atoms with van der Waals surface area (Å²) in [5.41, 5.74) is 5.20. The predicted molar refractivity (Wildman–Crippen MR) is 40.6 cm³/mol. The van der Waals surface area contributed by atoms with Crippen LogP contribution >= 0.6 is 11.6 Å². The highest BCUT2D eigenvalue weighted by atomic mass is 35.5. The zero-order valence-corrected chi connectivity index (χ0v) is 6.17. The minimum absolute atomic E-state index is 0.0285. The van der Waals surface area contributed by atoms with Gasteiger partial charge in [0, 0.05) is 6.20 Å². The Balaban J connectivity index is 3.23. The molecule has 4 nitrogen and oxygen atoms in total. The van der Waals surface area contributed by atoms with Crippen molar-refractivity contribution >= 4 is 23.4 Å². The van der Waals surface area contributed by atoms with Crippen molar-refractivity contribution in [1.29, 1.82) is 0 Å². The summed E-state index contributed by atoms with van der Waals surface area (Å²) in [6.07, 6.45) is 1.21. The molecule has 0 radical (unpaired) electrons. The SMILES string of the molecule is Nc1cc(C(=O)O)c(Cl)cn1. The molecule has 11 heavy (non-hydrogen) atoms. The van der Waals surface area contributed by atoms with Crippen LogP contribution in [0.1, 0.15) is 10.4 Å². The molecule has 0 fully saturated rings. The normalized spacial score (nSPS) is 9.55. The van der Waals surface area contributed by atoms with Crippen LogP contribution in [0, 0.1) is 0 Å². The molecule has 0 aliphatic heterocycles. The van der Waals surface area contributed by atoms with E-state index in [0.29, 0.717) is 0 Å². The number of halogens is 1. The molecule has 0 aliphatic rings. The first-order valence-electron chi connectivity index (χ1n) is 2.75. The molecule has 3 N–H and O–H groups in total. The molecule has 0 saturated heterocycles. The van der Waals surface area contributed by atoms with Crippen molar-refractivity contribution in [3.63, 3.8) is 0 Å². The Labute approximate surface area is 67.6 Å². The third-order valence-corrected chi connectivity index (χ3v) is 1.41. The van der Waals surface area contributed by atoms with Gasteiger partial charge in [0.1, 0.15) is 5.82 Å². The third-order valence-electron chi connectivity index (χ3n) is 1.11. The van der Waals surface area contributed by atoms with Crippen molar-refractivity contribution in [3.8, 4) is 0 Å². The summed E-state index contributed by atoms with van der Waals surface area (Å²) in [5, 5.41) is 8.61. The van der Waals surface area contributed by atoms with Crippen LogP contribution < -0.4 is 5.73 Å². The molecule has 5 heteroatoms. The maximum absolute atomic E-state index is 10.4. The summed E-state index contributed by atoms with van der Waals surface area (Å²) in [5.74, 6) is -0.962. The van der Waals surface area contributed by atoms with Crippen LogP contribution in [0.4, 0.5) is 5.82 Å². The number of nitrogens with two attached hydrogens (primary N) is 1. The Morgan fingerprint density at radius 3 is 2.82 bits per heavy atom. The van der Waals surface area contributed by atoms with Crippen LogP contribution in [-0.2, 0) is 0 Å². The number of carbonyl (C=O) groups is 1. The van der Waals surface area contributed by atoms with Crippen LogP contribution in [0.25, 0.3) is 0 Å². The van der Waals surface area contributed by atoms with E-state index in [1.54, 1.807) is 0 Å². The second-order valence-electron chi connectivity index (χ2n) is 1.89. The lowest BCUT2D eigenvalue weighted by Gasteiger charge is -1.97. The van der Waals surface area contributed by atoms with Gasteiger partial charge in [-0.2, -0.15) is 0 Å². The number of hydrogen-bond donors (Lipinski definition) is 2. The molecule has 0 saturated carbocycles. The highest BCUT2D eigenvalue weighted by Gasteiger charge is 2.08. The Kier molecular flexibility index (Phi) is 1.96. The lowest BCUT2D eigenvalue weighted by Crippen LogP contribution is -2.00. The topological polar surface area (TPSA) is 76.2 Å². The molecule has 1 rings (SSSR count). The first-order chi connectivity index (χ1) is 5.11. The number of carboxylic acids is 1. The standard InChI is InChI=1S/C6H5ClN2O2/c7-4-2-9-5(8)1-3(4)6(10)11/h1-2H,(H2,8,9)(H,10,11). The summed E-state index contributed by atoms with van der Waals surface area (Å²) in [4.78, 5) is 14.0. The number of nitrogens with zero attached hydrogens (tertiary/aromatic N) is 1. The van der Waals surface area contributed by atoms with Crippen LogP contribution in [0.15, 0.2) is 12.3 Å². The quantitative estimate of drug-likeness (QED) is 0.663. The monoisotopic (exact) mass is 172 g/mol. The fourth-order valence-electron chi connectivity index (χ4n) is 0.619. The predicted octanol–water partition coefficient (Wildman–Crippen LogP) is 1.02. The van der Waals surface area contributed by atoms with E-state index < -0.39 is 5.97 Å². The molecule has 58 valence electrons. The lowest BCUT2D eigenvalue weighted by atomic mass is 10.2. The maximum Gasteiger partial charge on any atom is 0.337 e. The molecule has 0 atom stereocenters. The minimum Gasteiger partial charge on any atom is -0.478 e. The summed E-state index contributed by atoms with van der Waals surface area (Å²) >= 11 is 5.49. The number of carboxylic acid groups (broad SMARTS) is 1. The second kappa shape index (κ2) is 2.75. The summed E-state index contributed by atoms with van der Waals surface area (Å²) < 4.78 is 0. The first-order valence-corrected chi connectivity index (χ1v) is 3.13. The molecule has 1 heterocycles. The van der Waals surface area contributed by atoms with E-state index in [4.69, 9.17) is 22.4 Å². The highest BCUT2D eigenvalue weighted by molar-refractivity contribution is 6.33. The Bertz CT molecular complexity index is 301. The molecular weight excluding hydrogens is 168 g/mol. The third kappa shape index (κ3) is 1.59. The van der Waals surface area contributed by atoms with Crippen LogP contribution in [0.3, 0.4) is 0 Å². The van der Waals surface area contributed by atoms with Gasteiger partial charge in [-0.3, -0.25) is 0 Å². The van der Waals surface area contributed by atoms with Gasteiger partial charge in [-0.05, 0) is 6.07 Å². The number of aromatic nitrogens is 1. The molecule has 1 aromatic rings. The molecule has 1 aromatic heterocycles. The van der Waals surface area contributed by atoms with Gasteiger partial charge in [0.15, 0.2) is 0 Å². The van der Waals surface area contributed by atoms with E-state index in [1.807, 2.05) is 0 Å².